The molecule has 0 amide bonds. The van der Waals surface area contributed by atoms with E-state index < -0.39 is 10.0 Å². The molecule has 0 unspecified atom stereocenters. The minimum absolute atomic E-state index is 0.248. The van der Waals surface area contributed by atoms with E-state index in [1.54, 1.807) is 13.0 Å². The molecule has 1 heterocycles. The van der Waals surface area contributed by atoms with E-state index in [1.165, 1.54) is 16.6 Å². The first kappa shape index (κ1) is 16.7. The third kappa shape index (κ3) is 5.33. The van der Waals surface area contributed by atoms with Gasteiger partial charge in [0.05, 0.1) is 17.9 Å². The van der Waals surface area contributed by atoms with E-state index >= 15 is 0 Å². The number of halogens is 1. The van der Waals surface area contributed by atoms with Crippen LogP contribution in [0.15, 0.2) is 12.1 Å². The highest BCUT2D eigenvalue weighted by atomic mass is 35.5. The van der Waals surface area contributed by atoms with Crippen molar-refractivity contribution in [3.63, 3.8) is 0 Å². The number of aromatic nitrogens is 1. The number of rotatable bonds is 7. The van der Waals surface area contributed by atoms with E-state index in [9.17, 15) is 8.42 Å². The van der Waals surface area contributed by atoms with Gasteiger partial charge >= 0.3 is 0 Å². The summed E-state index contributed by atoms with van der Waals surface area (Å²) < 4.78 is 24.2. The Hall–Kier alpha value is -1.36. The van der Waals surface area contributed by atoms with Crippen LogP contribution in [0.5, 0.6) is 0 Å². The average Bonchev–Trinajstić information content (AvgIpc) is 2.36. The van der Waals surface area contributed by atoms with E-state index in [0.29, 0.717) is 37.4 Å². The van der Waals surface area contributed by atoms with Crippen LogP contribution >= 0.6 is 11.6 Å². The molecule has 8 heteroatoms. The fourth-order valence-corrected chi connectivity index (χ4v) is 2.82. The lowest BCUT2D eigenvalue weighted by molar-refractivity contribution is 0.428. The molecule has 1 aromatic heterocycles. The molecule has 1 rings (SSSR count). The van der Waals surface area contributed by atoms with Crippen LogP contribution in [-0.4, -0.2) is 43.6 Å². The summed E-state index contributed by atoms with van der Waals surface area (Å²) in [4.78, 5) is 4.04. The lowest BCUT2D eigenvalue weighted by Crippen LogP contribution is -2.31. The van der Waals surface area contributed by atoms with Crippen molar-refractivity contribution < 1.29 is 8.42 Å². The predicted molar refractivity (Wildman–Crippen MR) is 79.2 cm³/mol. The van der Waals surface area contributed by atoms with Gasteiger partial charge in [-0.2, -0.15) is 5.26 Å². The molecule has 6 nitrogen and oxygen atoms in total. The maximum Gasteiger partial charge on any atom is 0.211 e. The van der Waals surface area contributed by atoms with Crippen molar-refractivity contribution in [3.05, 3.63) is 22.8 Å². The highest BCUT2D eigenvalue weighted by Crippen LogP contribution is 2.13. The molecule has 0 atom stereocenters. The van der Waals surface area contributed by atoms with Crippen molar-refractivity contribution in [1.29, 1.82) is 5.26 Å². The SMILES string of the molecule is CCN(CCCNc1cc(C#N)cc(Cl)n1)S(C)(=O)=O. The van der Waals surface area contributed by atoms with Gasteiger partial charge < -0.3 is 5.32 Å². The second-order valence-electron chi connectivity index (χ2n) is 4.21. The van der Waals surface area contributed by atoms with E-state index in [4.69, 9.17) is 16.9 Å². The van der Waals surface area contributed by atoms with Crippen molar-refractivity contribution in [2.24, 2.45) is 0 Å². The van der Waals surface area contributed by atoms with Crippen molar-refractivity contribution in [3.8, 4) is 6.07 Å². The number of hydrogen-bond donors (Lipinski definition) is 1. The van der Waals surface area contributed by atoms with E-state index in [0.717, 1.165) is 0 Å². The summed E-state index contributed by atoms with van der Waals surface area (Å²) in [5, 5.41) is 12.1. The maximum absolute atomic E-state index is 11.4. The average molecular weight is 317 g/mol. The van der Waals surface area contributed by atoms with Crippen LogP contribution in [0, 0.1) is 11.3 Å². The van der Waals surface area contributed by atoms with E-state index in [2.05, 4.69) is 10.3 Å². The van der Waals surface area contributed by atoms with Gasteiger partial charge in [-0.1, -0.05) is 18.5 Å². The van der Waals surface area contributed by atoms with Gasteiger partial charge in [0.2, 0.25) is 10.0 Å². The van der Waals surface area contributed by atoms with Gasteiger partial charge in [0.1, 0.15) is 11.0 Å². The number of anilines is 1. The summed E-state index contributed by atoms with van der Waals surface area (Å²) in [5.74, 6) is 0.511. The number of pyridine rings is 1. The largest absolute Gasteiger partial charge is 0.370 e. The molecule has 0 spiro atoms. The molecule has 20 heavy (non-hydrogen) atoms. The molecule has 1 aromatic rings. The Kier molecular flexibility index (Phi) is 6.20. The first-order valence-electron chi connectivity index (χ1n) is 6.13. The molecule has 0 aliphatic carbocycles. The second kappa shape index (κ2) is 7.43. The van der Waals surface area contributed by atoms with E-state index in [1.807, 2.05) is 6.07 Å². The monoisotopic (exact) mass is 316 g/mol. The van der Waals surface area contributed by atoms with Crippen LogP contribution in [0.4, 0.5) is 5.82 Å². The molecular weight excluding hydrogens is 300 g/mol. The van der Waals surface area contributed by atoms with Crippen LogP contribution < -0.4 is 5.32 Å². The molecule has 0 bridgehead atoms. The third-order valence-corrected chi connectivity index (χ3v) is 4.21. The lowest BCUT2D eigenvalue weighted by atomic mass is 10.3. The van der Waals surface area contributed by atoms with Gasteiger partial charge in [-0.15, -0.1) is 0 Å². The van der Waals surface area contributed by atoms with Crippen molar-refractivity contribution in [1.82, 2.24) is 9.29 Å². The summed E-state index contributed by atoms with van der Waals surface area (Å²) in [5.41, 5.74) is 0.429. The molecule has 1 N–H and O–H groups in total. The Balaban J connectivity index is 2.49. The maximum atomic E-state index is 11.4. The Morgan fingerprint density at radius 2 is 2.20 bits per heavy atom. The smallest absolute Gasteiger partial charge is 0.211 e. The summed E-state index contributed by atoms with van der Waals surface area (Å²) in [6.07, 6.45) is 1.83. The quantitative estimate of drug-likeness (QED) is 0.611. The molecule has 0 aromatic carbocycles. The molecule has 0 fully saturated rings. The highest BCUT2D eigenvalue weighted by Gasteiger charge is 2.13. The summed E-state index contributed by atoms with van der Waals surface area (Å²) in [6.45, 7) is 3.23. The Morgan fingerprint density at radius 3 is 2.75 bits per heavy atom. The van der Waals surface area contributed by atoms with Crippen LogP contribution in [0.2, 0.25) is 5.15 Å². The fraction of sp³-hybridized carbons (Fsp3) is 0.500. The zero-order valence-electron chi connectivity index (χ0n) is 11.4. The topological polar surface area (TPSA) is 86.1 Å². The van der Waals surface area contributed by atoms with Crippen molar-refractivity contribution in [2.45, 2.75) is 13.3 Å². The van der Waals surface area contributed by atoms with Crippen molar-refractivity contribution in [2.75, 3.05) is 31.2 Å². The number of hydrogen-bond acceptors (Lipinski definition) is 5. The molecular formula is C12H17ClN4O2S. The highest BCUT2D eigenvalue weighted by molar-refractivity contribution is 7.88. The fourth-order valence-electron chi connectivity index (χ4n) is 1.68. The van der Waals surface area contributed by atoms with Crippen LogP contribution in [-0.2, 0) is 10.0 Å². The summed E-state index contributed by atoms with van der Waals surface area (Å²) in [6, 6.07) is 5.07. The Morgan fingerprint density at radius 1 is 1.50 bits per heavy atom. The van der Waals surface area contributed by atoms with Gasteiger partial charge in [0.25, 0.3) is 0 Å². The number of nitrogens with one attached hydrogen (secondary N) is 1. The minimum Gasteiger partial charge on any atom is -0.370 e. The number of sulfonamides is 1. The Bertz CT molecular complexity index is 598. The zero-order valence-corrected chi connectivity index (χ0v) is 13.0. The Labute approximate surface area is 124 Å². The second-order valence-corrected chi connectivity index (χ2v) is 6.58. The standard InChI is InChI=1S/C12H17ClN4O2S/c1-3-17(20(2,18)19)6-4-5-15-12-8-10(9-14)7-11(13)16-12/h7-8H,3-6H2,1-2H3,(H,15,16). The van der Waals surface area contributed by atoms with Crippen LogP contribution in [0.1, 0.15) is 18.9 Å². The molecule has 0 saturated heterocycles. The van der Waals surface area contributed by atoms with E-state index in [-0.39, 0.29) is 5.15 Å². The van der Waals surface area contributed by atoms with Gasteiger partial charge in [-0.25, -0.2) is 17.7 Å². The van der Waals surface area contributed by atoms with Gasteiger partial charge in [0.15, 0.2) is 0 Å². The molecule has 110 valence electrons. The van der Waals surface area contributed by atoms with Gasteiger partial charge in [0, 0.05) is 19.6 Å². The third-order valence-electron chi connectivity index (χ3n) is 2.64. The first-order valence-corrected chi connectivity index (χ1v) is 8.36. The zero-order chi connectivity index (χ0) is 15.2. The molecule has 0 saturated carbocycles. The summed E-state index contributed by atoms with van der Waals surface area (Å²) in [7, 11) is -3.15. The van der Waals surface area contributed by atoms with Crippen LogP contribution in [0.25, 0.3) is 0 Å². The summed E-state index contributed by atoms with van der Waals surface area (Å²) >= 11 is 5.78. The number of nitrogens with zero attached hydrogens (tertiary/aromatic N) is 3. The molecule has 0 radical (unpaired) electrons. The normalized spacial score (nSPS) is 11.3. The first-order chi connectivity index (χ1) is 9.36. The molecule has 0 aliphatic heterocycles. The van der Waals surface area contributed by atoms with Crippen molar-refractivity contribution >= 4 is 27.4 Å². The lowest BCUT2D eigenvalue weighted by Gasteiger charge is -2.17. The van der Waals surface area contributed by atoms with Crippen LogP contribution in [0.3, 0.4) is 0 Å². The number of nitriles is 1. The predicted octanol–water partition coefficient (Wildman–Crippen LogP) is 1.69. The van der Waals surface area contributed by atoms with Gasteiger partial charge in [-0.3, -0.25) is 0 Å². The van der Waals surface area contributed by atoms with Gasteiger partial charge in [-0.05, 0) is 18.6 Å². The minimum atomic E-state index is -3.15. The molecule has 0 aliphatic rings.